The van der Waals surface area contributed by atoms with Crippen LogP contribution in [0.5, 0.6) is 5.75 Å². The van der Waals surface area contributed by atoms with Crippen molar-refractivity contribution in [2.24, 2.45) is 34.5 Å². The number of hydrogen-bond donors (Lipinski definition) is 2. The van der Waals surface area contributed by atoms with Crippen LogP contribution in [0.4, 0.5) is 0 Å². The number of phenolic OH excluding ortho intramolecular Hbond substituents is 1. The van der Waals surface area contributed by atoms with Gasteiger partial charge in [-0.2, -0.15) is 0 Å². The third-order valence-electron chi connectivity index (χ3n) is 9.65. The van der Waals surface area contributed by atoms with Crippen molar-refractivity contribution >= 4 is 34.5 Å². The number of rotatable bonds is 3. The van der Waals surface area contributed by atoms with Gasteiger partial charge in [-0.1, -0.05) is 45.9 Å². The van der Waals surface area contributed by atoms with E-state index in [1.54, 1.807) is 34.6 Å². The number of ketones is 5. The molecule has 7 heteroatoms. The second-order valence-corrected chi connectivity index (χ2v) is 12.6. The minimum absolute atomic E-state index is 0.0476. The van der Waals surface area contributed by atoms with Crippen molar-refractivity contribution in [3.05, 3.63) is 46.5 Å². The molecule has 5 rings (SSSR count). The van der Waals surface area contributed by atoms with Gasteiger partial charge in [-0.3, -0.25) is 24.0 Å². The van der Waals surface area contributed by atoms with Crippen molar-refractivity contribution in [3.8, 4) is 5.75 Å². The summed E-state index contributed by atoms with van der Waals surface area (Å²) in [6.07, 6.45) is 7.04. The third-order valence-corrected chi connectivity index (χ3v) is 9.65. The van der Waals surface area contributed by atoms with Gasteiger partial charge < -0.3 is 10.2 Å². The Morgan fingerprint density at radius 2 is 1.76 bits per heavy atom. The number of Topliss-reactive ketones (excluding diaryl/α,β-unsaturated/α-hetero) is 5. The molecule has 0 saturated heterocycles. The zero-order valence-corrected chi connectivity index (χ0v) is 22.7. The molecular formula is C31H34O7. The van der Waals surface area contributed by atoms with E-state index in [0.717, 1.165) is 24.5 Å². The van der Waals surface area contributed by atoms with Crippen molar-refractivity contribution in [2.75, 3.05) is 0 Å². The van der Waals surface area contributed by atoms with Gasteiger partial charge in [0.25, 0.3) is 0 Å². The van der Waals surface area contributed by atoms with E-state index in [2.05, 4.69) is 0 Å². The molecule has 2 fully saturated rings. The quantitative estimate of drug-likeness (QED) is 0.584. The van der Waals surface area contributed by atoms with Gasteiger partial charge in [-0.05, 0) is 72.8 Å². The normalized spacial score (nSPS) is 36.2. The van der Waals surface area contributed by atoms with Crippen LogP contribution in [0.15, 0.2) is 24.3 Å². The van der Waals surface area contributed by atoms with Crippen LogP contribution >= 0.6 is 0 Å². The Labute approximate surface area is 222 Å². The Bertz CT molecular complexity index is 1410. The summed E-state index contributed by atoms with van der Waals surface area (Å²) < 4.78 is 0. The topological polar surface area (TPSA) is 126 Å². The lowest BCUT2D eigenvalue weighted by Crippen LogP contribution is -2.76. The number of aryl methyl sites for hydroxylation is 1. The molecule has 0 heterocycles. The molecule has 4 aliphatic carbocycles. The average molecular weight is 519 g/mol. The average Bonchev–Trinajstić information content (AvgIpc) is 3.33. The summed E-state index contributed by atoms with van der Waals surface area (Å²) in [4.78, 5) is 68.2. The molecule has 0 amide bonds. The molecule has 0 spiro atoms. The van der Waals surface area contributed by atoms with Crippen LogP contribution in [0.3, 0.4) is 0 Å². The number of aliphatic hydroxyl groups is 1. The molecule has 38 heavy (non-hydrogen) atoms. The Morgan fingerprint density at radius 3 is 2.32 bits per heavy atom. The van der Waals surface area contributed by atoms with E-state index in [9.17, 15) is 34.2 Å². The van der Waals surface area contributed by atoms with Crippen LogP contribution in [0.2, 0.25) is 0 Å². The number of allylic oxidation sites excluding steroid dienone is 4. The van der Waals surface area contributed by atoms with Crippen molar-refractivity contribution in [3.63, 3.8) is 0 Å². The van der Waals surface area contributed by atoms with Crippen molar-refractivity contribution < 1.29 is 34.2 Å². The van der Waals surface area contributed by atoms with Gasteiger partial charge in [0.1, 0.15) is 17.5 Å². The number of aromatic hydroxyl groups is 1. The summed E-state index contributed by atoms with van der Waals surface area (Å²) in [5, 5.41) is 23.1. The lowest BCUT2D eigenvalue weighted by molar-refractivity contribution is -0.205. The van der Waals surface area contributed by atoms with Gasteiger partial charge in [0.2, 0.25) is 0 Å². The highest BCUT2D eigenvalue weighted by Crippen LogP contribution is 2.64. The molecule has 3 unspecified atom stereocenters. The number of carbonyl (C=O) groups is 5. The maximum atomic E-state index is 14.3. The molecule has 0 radical (unpaired) electrons. The molecule has 1 aromatic rings. The summed E-state index contributed by atoms with van der Waals surface area (Å²) in [6, 6.07) is 1.84. The van der Waals surface area contributed by atoms with E-state index in [0.29, 0.717) is 11.1 Å². The molecular weight excluding hydrogens is 484 g/mol. The second kappa shape index (κ2) is 8.15. The zero-order chi connectivity index (χ0) is 28.1. The maximum Gasteiger partial charge on any atom is 0.190 e. The van der Waals surface area contributed by atoms with Crippen LogP contribution in [0.1, 0.15) is 74.5 Å². The zero-order valence-electron chi connectivity index (χ0n) is 22.7. The molecule has 6 atom stereocenters. The van der Waals surface area contributed by atoms with Gasteiger partial charge in [-0.15, -0.1) is 0 Å². The number of carbonyl (C=O) groups excluding carboxylic acids is 5. The standard InChI is InChI=1S/C31H34O7/c1-14(2)22-25(34)20(16(4)32)27(36)31(38)28(37)23-26(35)21-19(12-29(23,5)13-30(22,31)6)18(11-15(3)24(21)33)17-9-7-8-10-17/h7,9-11,14,20,22-23,33,38H,8,12-13H2,1-6H3/t20?,22?,23?,29-,30-,31+/m1/s1. The molecule has 7 nitrogen and oxygen atoms in total. The fourth-order valence-electron chi connectivity index (χ4n) is 8.25. The van der Waals surface area contributed by atoms with Gasteiger partial charge in [-0.25, -0.2) is 0 Å². The summed E-state index contributed by atoms with van der Waals surface area (Å²) in [6.45, 7) is 9.73. The summed E-state index contributed by atoms with van der Waals surface area (Å²) in [7, 11) is 0. The van der Waals surface area contributed by atoms with Gasteiger partial charge in [0, 0.05) is 11.3 Å². The molecule has 1 aromatic carbocycles. The van der Waals surface area contributed by atoms with Crippen molar-refractivity contribution in [1.82, 2.24) is 0 Å². The number of benzene rings is 1. The van der Waals surface area contributed by atoms with Crippen LogP contribution in [-0.2, 0) is 25.6 Å². The number of fused-ring (bicyclic) bond motifs is 3. The Kier molecular flexibility index (Phi) is 5.67. The van der Waals surface area contributed by atoms with Crippen LogP contribution in [0.25, 0.3) is 5.57 Å². The first-order valence-corrected chi connectivity index (χ1v) is 13.2. The van der Waals surface area contributed by atoms with E-state index >= 15 is 0 Å². The van der Waals surface area contributed by atoms with E-state index in [4.69, 9.17) is 0 Å². The van der Waals surface area contributed by atoms with Crippen LogP contribution in [-0.4, -0.2) is 44.7 Å². The lowest BCUT2D eigenvalue weighted by atomic mass is 9.39. The van der Waals surface area contributed by atoms with Gasteiger partial charge in [0.05, 0.1) is 11.5 Å². The monoisotopic (exact) mass is 518 g/mol. The molecule has 0 aromatic heterocycles. The van der Waals surface area contributed by atoms with Gasteiger partial charge >= 0.3 is 0 Å². The van der Waals surface area contributed by atoms with Crippen molar-refractivity contribution in [1.29, 1.82) is 0 Å². The SMILES string of the molecule is CC(=O)C1C(=O)C(C(C)C)[C@@]2(C)C[C@@]3(C)Cc4c(C5=CCC=C5)cc(C)c(O)c4C(=O)C3C(=O)[C@@]2(O)C1=O. The number of hydrogen-bond acceptors (Lipinski definition) is 7. The van der Waals surface area contributed by atoms with Crippen LogP contribution in [0, 0.1) is 41.4 Å². The van der Waals surface area contributed by atoms with E-state index in [1.165, 1.54) is 0 Å². The van der Waals surface area contributed by atoms with E-state index < -0.39 is 63.1 Å². The first-order chi connectivity index (χ1) is 17.6. The second-order valence-electron chi connectivity index (χ2n) is 12.6. The predicted octanol–water partition coefficient (Wildman–Crippen LogP) is 3.74. The molecule has 4 aliphatic rings. The smallest absolute Gasteiger partial charge is 0.190 e. The fourth-order valence-corrected chi connectivity index (χ4v) is 8.25. The first-order valence-electron chi connectivity index (χ1n) is 13.2. The molecule has 200 valence electrons. The molecule has 0 aliphatic heterocycles. The summed E-state index contributed by atoms with van der Waals surface area (Å²) in [5.74, 6) is -8.70. The van der Waals surface area contributed by atoms with E-state index in [-0.39, 0.29) is 30.1 Å². The highest BCUT2D eigenvalue weighted by atomic mass is 16.3. The Balaban J connectivity index is 1.76. The molecule has 2 saturated carbocycles. The first kappa shape index (κ1) is 26.4. The maximum absolute atomic E-state index is 14.3. The molecule has 0 bridgehead atoms. The Hall–Kier alpha value is -3.19. The third kappa shape index (κ3) is 3.08. The Morgan fingerprint density at radius 1 is 1.11 bits per heavy atom. The highest BCUT2D eigenvalue weighted by Gasteiger charge is 2.76. The molecule has 2 N–H and O–H groups in total. The fraction of sp³-hybridized carbons (Fsp3) is 0.516. The largest absolute Gasteiger partial charge is 0.507 e. The van der Waals surface area contributed by atoms with Crippen LogP contribution < -0.4 is 0 Å². The summed E-state index contributed by atoms with van der Waals surface area (Å²) >= 11 is 0. The summed E-state index contributed by atoms with van der Waals surface area (Å²) in [5.41, 5.74) is -2.32. The minimum Gasteiger partial charge on any atom is -0.507 e. The predicted molar refractivity (Wildman–Crippen MR) is 139 cm³/mol. The van der Waals surface area contributed by atoms with Gasteiger partial charge in [0.15, 0.2) is 28.7 Å². The lowest BCUT2D eigenvalue weighted by Gasteiger charge is -2.62. The van der Waals surface area contributed by atoms with E-state index in [1.807, 2.05) is 24.3 Å². The van der Waals surface area contributed by atoms with Crippen molar-refractivity contribution in [2.45, 2.75) is 66.4 Å². The highest BCUT2D eigenvalue weighted by molar-refractivity contribution is 6.32. The number of phenols is 1. The minimum atomic E-state index is -2.68.